The molecular weight excluding hydrogens is 380 g/mol. The average Bonchev–Trinajstić information content (AvgIpc) is 3.07. The molecule has 0 aliphatic rings. The van der Waals surface area contributed by atoms with Crippen LogP contribution in [-0.2, 0) is 4.79 Å². The number of ether oxygens (including phenoxy) is 3. The Labute approximate surface area is 166 Å². The van der Waals surface area contributed by atoms with E-state index >= 15 is 0 Å². The van der Waals surface area contributed by atoms with E-state index in [4.69, 9.17) is 26.4 Å². The van der Waals surface area contributed by atoms with E-state index in [2.05, 4.69) is 15.3 Å². The Morgan fingerprint density at radius 1 is 1.14 bits per heavy atom. The van der Waals surface area contributed by atoms with Crippen LogP contribution < -0.4 is 14.2 Å². The van der Waals surface area contributed by atoms with Crippen LogP contribution >= 0.6 is 12.2 Å². The maximum absolute atomic E-state index is 11.2. The summed E-state index contributed by atoms with van der Waals surface area (Å²) in [5, 5.41) is 11.4. The second kappa shape index (κ2) is 8.49. The number of hydrogen-bond donors (Lipinski definition) is 1. The predicted molar refractivity (Wildman–Crippen MR) is 107 cm³/mol. The third kappa shape index (κ3) is 4.26. The van der Waals surface area contributed by atoms with E-state index in [1.165, 1.54) is 18.7 Å². The Balaban J connectivity index is 1.91. The number of carbonyl (C=O) groups is 1. The Bertz CT molecular complexity index is 1070. The van der Waals surface area contributed by atoms with Crippen LogP contribution in [0.5, 0.6) is 17.2 Å². The van der Waals surface area contributed by atoms with Crippen molar-refractivity contribution in [3.63, 3.8) is 0 Å². The number of aromatic nitrogens is 3. The highest BCUT2D eigenvalue weighted by atomic mass is 32.1. The standard InChI is InChI=1S/C19H18N4O4S/c1-12(24)27-16-9-4-13(10-17(16)26-3)11-20-23-18(21-22-19(23)28)14-5-7-15(25-2)8-6-14/h4-11H,1-3H3,(H,22,28)/b20-11+. The lowest BCUT2D eigenvalue weighted by molar-refractivity contribution is -0.132. The van der Waals surface area contributed by atoms with Crippen molar-refractivity contribution in [3.05, 3.63) is 52.8 Å². The van der Waals surface area contributed by atoms with Gasteiger partial charge < -0.3 is 14.2 Å². The SMILES string of the molecule is COc1ccc(-c2n[nH]c(=S)n2/N=C/c2ccc(OC(C)=O)c(OC)c2)cc1. The van der Waals surface area contributed by atoms with Gasteiger partial charge in [0.25, 0.3) is 0 Å². The van der Waals surface area contributed by atoms with Gasteiger partial charge in [-0.3, -0.25) is 4.79 Å². The Hall–Kier alpha value is -3.46. The van der Waals surface area contributed by atoms with Gasteiger partial charge in [-0.15, -0.1) is 0 Å². The number of benzene rings is 2. The van der Waals surface area contributed by atoms with Gasteiger partial charge in [0.2, 0.25) is 4.77 Å². The fourth-order valence-corrected chi connectivity index (χ4v) is 2.63. The lowest BCUT2D eigenvalue weighted by Gasteiger charge is -2.08. The molecule has 0 bridgehead atoms. The highest BCUT2D eigenvalue weighted by Gasteiger charge is 2.10. The smallest absolute Gasteiger partial charge is 0.308 e. The number of H-pyrrole nitrogens is 1. The van der Waals surface area contributed by atoms with Gasteiger partial charge in [0.15, 0.2) is 17.3 Å². The fourth-order valence-electron chi connectivity index (χ4n) is 2.45. The fraction of sp³-hybridized carbons (Fsp3) is 0.158. The molecule has 2 aromatic carbocycles. The lowest BCUT2D eigenvalue weighted by atomic mass is 10.2. The number of esters is 1. The zero-order valence-corrected chi connectivity index (χ0v) is 16.3. The Morgan fingerprint density at radius 3 is 2.54 bits per heavy atom. The van der Waals surface area contributed by atoms with Gasteiger partial charge in [-0.25, -0.2) is 5.10 Å². The Kier molecular flexibility index (Phi) is 5.85. The third-order valence-corrected chi connectivity index (χ3v) is 4.03. The first-order valence-electron chi connectivity index (χ1n) is 8.24. The summed E-state index contributed by atoms with van der Waals surface area (Å²) >= 11 is 5.28. The van der Waals surface area contributed by atoms with Crippen molar-refractivity contribution in [3.8, 4) is 28.6 Å². The number of rotatable bonds is 6. The third-order valence-electron chi connectivity index (χ3n) is 3.76. The molecule has 28 heavy (non-hydrogen) atoms. The molecule has 0 spiro atoms. The summed E-state index contributed by atoms with van der Waals surface area (Å²) in [6.07, 6.45) is 1.61. The van der Waals surface area contributed by atoms with Crippen LogP contribution in [0.15, 0.2) is 47.6 Å². The minimum Gasteiger partial charge on any atom is -0.497 e. The molecule has 144 valence electrons. The molecule has 0 fully saturated rings. The van der Waals surface area contributed by atoms with Gasteiger partial charge in [-0.05, 0) is 60.2 Å². The van der Waals surface area contributed by atoms with E-state index in [1.807, 2.05) is 24.3 Å². The number of carbonyl (C=O) groups excluding carboxylic acids is 1. The van der Waals surface area contributed by atoms with Gasteiger partial charge in [0.05, 0.1) is 20.4 Å². The second-order valence-electron chi connectivity index (χ2n) is 5.64. The Morgan fingerprint density at radius 2 is 1.89 bits per heavy atom. The van der Waals surface area contributed by atoms with E-state index in [-0.39, 0.29) is 0 Å². The first-order chi connectivity index (χ1) is 13.5. The van der Waals surface area contributed by atoms with Gasteiger partial charge in [0, 0.05) is 12.5 Å². The first-order valence-corrected chi connectivity index (χ1v) is 8.65. The molecule has 0 saturated heterocycles. The molecule has 9 heteroatoms. The van der Waals surface area contributed by atoms with Crippen LogP contribution in [0.25, 0.3) is 11.4 Å². The van der Waals surface area contributed by atoms with Gasteiger partial charge >= 0.3 is 5.97 Å². The van der Waals surface area contributed by atoms with Crippen molar-refractivity contribution >= 4 is 24.4 Å². The van der Waals surface area contributed by atoms with Gasteiger partial charge in [-0.2, -0.15) is 14.9 Å². The second-order valence-corrected chi connectivity index (χ2v) is 6.03. The number of nitrogens with one attached hydrogen (secondary N) is 1. The van der Waals surface area contributed by atoms with Crippen LogP contribution in [0, 0.1) is 4.77 Å². The molecule has 3 rings (SSSR count). The van der Waals surface area contributed by atoms with E-state index in [0.29, 0.717) is 22.1 Å². The zero-order valence-electron chi connectivity index (χ0n) is 15.5. The van der Waals surface area contributed by atoms with E-state index in [0.717, 1.165) is 16.9 Å². The molecule has 8 nitrogen and oxygen atoms in total. The van der Waals surface area contributed by atoms with Gasteiger partial charge in [-0.1, -0.05) is 0 Å². The van der Waals surface area contributed by atoms with Crippen molar-refractivity contribution in [2.24, 2.45) is 5.10 Å². The lowest BCUT2D eigenvalue weighted by Crippen LogP contribution is -2.03. The summed E-state index contributed by atoms with van der Waals surface area (Å²) in [5.41, 5.74) is 1.56. The van der Waals surface area contributed by atoms with E-state index < -0.39 is 5.97 Å². The average molecular weight is 398 g/mol. The number of methoxy groups -OCH3 is 2. The molecule has 1 aromatic heterocycles. The molecule has 0 aliphatic carbocycles. The number of nitrogens with zero attached hydrogens (tertiary/aromatic N) is 3. The van der Waals surface area contributed by atoms with Crippen LogP contribution in [-0.4, -0.2) is 41.3 Å². The molecule has 1 N–H and O–H groups in total. The van der Waals surface area contributed by atoms with E-state index in [9.17, 15) is 4.79 Å². The number of hydrogen-bond acceptors (Lipinski definition) is 7. The normalized spacial score (nSPS) is 10.8. The maximum atomic E-state index is 11.2. The van der Waals surface area contributed by atoms with Gasteiger partial charge in [0.1, 0.15) is 5.75 Å². The largest absolute Gasteiger partial charge is 0.497 e. The summed E-state index contributed by atoms with van der Waals surface area (Å²) in [6.45, 7) is 1.33. The highest BCUT2D eigenvalue weighted by molar-refractivity contribution is 7.71. The van der Waals surface area contributed by atoms with Crippen LogP contribution in [0.4, 0.5) is 0 Å². The minimum absolute atomic E-state index is 0.339. The van der Waals surface area contributed by atoms with Crippen molar-refractivity contribution < 1.29 is 19.0 Å². The summed E-state index contributed by atoms with van der Waals surface area (Å²) in [4.78, 5) is 11.2. The zero-order chi connectivity index (χ0) is 20.1. The van der Waals surface area contributed by atoms with Crippen molar-refractivity contribution in [1.82, 2.24) is 14.9 Å². The van der Waals surface area contributed by atoms with Crippen LogP contribution in [0.1, 0.15) is 12.5 Å². The molecule has 1 heterocycles. The first kappa shape index (κ1) is 19.3. The summed E-state index contributed by atoms with van der Waals surface area (Å²) in [6, 6.07) is 12.5. The minimum atomic E-state index is -0.423. The van der Waals surface area contributed by atoms with Crippen LogP contribution in [0.2, 0.25) is 0 Å². The molecule has 0 radical (unpaired) electrons. The maximum Gasteiger partial charge on any atom is 0.308 e. The summed E-state index contributed by atoms with van der Waals surface area (Å²) in [7, 11) is 3.10. The topological polar surface area (TPSA) is 90.7 Å². The molecule has 0 amide bonds. The molecule has 0 saturated carbocycles. The van der Waals surface area contributed by atoms with E-state index in [1.54, 1.807) is 31.5 Å². The molecule has 0 unspecified atom stereocenters. The van der Waals surface area contributed by atoms with Crippen molar-refractivity contribution in [1.29, 1.82) is 0 Å². The molecule has 3 aromatic rings. The monoisotopic (exact) mass is 398 g/mol. The number of aromatic amines is 1. The summed E-state index contributed by atoms with van der Waals surface area (Å²) < 4.78 is 17.4. The molecule has 0 atom stereocenters. The highest BCUT2D eigenvalue weighted by Crippen LogP contribution is 2.28. The van der Waals surface area contributed by atoms with Crippen molar-refractivity contribution in [2.75, 3.05) is 14.2 Å². The quantitative estimate of drug-likeness (QED) is 0.296. The predicted octanol–water partition coefficient (Wildman–Crippen LogP) is 3.43. The van der Waals surface area contributed by atoms with Crippen molar-refractivity contribution in [2.45, 2.75) is 6.92 Å². The summed E-state index contributed by atoms with van der Waals surface area (Å²) in [5.74, 6) is 1.64. The van der Waals surface area contributed by atoms with Crippen LogP contribution in [0.3, 0.4) is 0 Å². The molecule has 0 aliphatic heterocycles. The molecular formula is C19H18N4O4S.